The average Bonchev–Trinajstić information content (AvgIpc) is 2.12. The highest BCUT2D eigenvalue weighted by atomic mass is 16.2. The predicted octanol–water partition coefficient (Wildman–Crippen LogP) is -2.69. The van der Waals surface area contributed by atoms with Crippen molar-refractivity contribution < 1.29 is 9.59 Å². The highest BCUT2D eigenvalue weighted by molar-refractivity contribution is 5.93. The van der Waals surface area contributed by atoms with Crippen molar-refractivity contribution in [1.82, 2.24) is 14.9 Å². The van der Waals surface area contributed by atoms with Gasteiger partial charge in [-0.25, -0.2) is 9.59 Å². The fourth-order valence-corrected chi connectivity index (χ4v) is 0.975. The molecule has 0 fully saturated rings. The number of amides is 3. The molecule has 0 aliphatic rings. The van der Waals surface area contributed by atoms with Crippen LogP contribution in [0.5, 0.6) is 0 Å². The number of anilines is 1. The third kappa shape index (κ3) is 2.70. The molecule has 16 heavy (non-hydrogen) atoms. The number of nitrogens with one attached hydrogen (secondary N) is 2. The largest absolute Gasteiger partial charge is 0.393 e. The zero-order valence-electron chi connectivity index (χ0n) is 8.02. The first-order chi connectivity index (χ1) is 7.40. The zero-order valence-corrected chi connectivity index (χ0v) is 8.02. The number of carbonyl (C=O) groups excluding carboxylic acids is 2. The molecule has 0 unspecified atom stereocenters. The molecule has 0 spiro atoms. The van der Waals surface area contributed by atoms with Crippen molar-refractivity contribution in [2.24, 2.45) is 5.73 Å². The quantitative estimate of drug-likeness (QED) is 0.433. The first-order valence-corrected chi connectivity index (χ1v) is 4.08. The lowest BCUT2D eigenvalue weighted by Gasteiger charge is -2.04. The van der Waals surface area contributed by atoms with Gasteiger partial charge in [-0.2, -0.15) is 0 Å². The second-order valence-corrected chi connectivity index (χ2v) is 2.88. The van der Waals surface area contributed by atoms with Gasteiger partial charge >= 0.3 is 11.7 Å². The number of hydrogen-bond acceptors (Lipinski definition) is 5. The van der Waals surface area contributed by atoms with Crippen molar-refractivity contribution in [3.05, 3.63) is 27.0 Å². The number of primary amides is 1. The minimum absolute atomic E-state index is 0.216. The minimum atomic E-state index is -1.03. The molecule has 0 aliphatic carbocycles. The van der Waals surface area contributed by atoms with E-state index < -0.39 is 29.7 Å². The Hall–Kier alpha value is -2.58. The summed E-state index contributed by atoms with van der Waals surface area (Å²) in [6.07, 6.45) is 1.00. The smallest absolute Gasteiger partial charge is 0.328 e. The standard InChI is InChI=1S/C7H9N5O4/c8-3-1-12(7(16)11-5(3)14)2-4(13)10-6(9)15/h1H,2,8H2,(H,11,14,16)(H3,9,10,13,15). The fourth-order valence-electron chi connectivity index (χ4n) is 0.975. The molecule has 0 aromatic carbocycles. The Kier molecular flexibility index (Phi) is 3.09. The lowest BCUT2D eigenvalue weighted by Crippen LogP contribution is -2.40. The molecule has 0 saturated heterocycles. The van der Waals surface area contributed by atoms with Crippen LogP contribution in [0.25, 0.3) is 0 Å². The molecule has 6 N–H and O–H groups in total. The summed E-state index contributed by atoms with van der Waals surface area (Å²) >= 11 is 0. The van der Waals surface area contributed by atoms with Gasteiger partial charge in [-0.1, -0.05) is 0 Å². The molecule has 1 heterocycles. The third-order valence-corrected chi connectivity index (χ3v) is 1.62. The van der Waals surface area contributed by atoms with Crippen LogP contribution in [-0.2, 0) is 11.3 Å². The van der Waals surface area contributed by atoms with Crippen molar-refractivity contribution in [2.75, 3.05) is 5.73 Å². The van der Waals surface area contributed by atoms with Crippen LogP contribution < -0.4 is 28.0 Å². The Morgan fingerprint density at radius 1 is 1.44 bits per heavy atom. The number of nitrogens with two attached hydrogens (primary N) is 2. The lowest BCUT2D eigenvalue weighted by atomic mass is 10.5. The molecule has 3 amide bonds. The molecule has 0 atom stereocenters. The molecule has 0 radical (unpaired) electrons. The summed E-state index contributed by atoms with van der Waals surface area (Å²) in [7, 11) is 0. The summed E-state index contributed by atoms with van der Waals surface area (Å²) in [4.78, 5) is 45.3. The fraction of sp³-hybridized carbons (Fsp3) is 0.143. The minimum Gasteiger partial charge on any atom is -0.393 e. The molecular formula is C7H9N5O4. The lowest BCUT2D eigenvalue weighted by molar-refractivity contribution is -0.120. The first-order valence-electron chi connectivity index (χ1n) is 4.08. The maximum Gasteiger partial charge on any atom is 0.328 e. The van der Waals surface area contributed by atoms with E-state index in [0.717, 1.165) is 10.8 Å². The molecule has 0 saturated carbocycles. The van der Waals surface area contributed by atoms with E-state index in [4.69, 9.17) is 11.5 Å². The maximum absolute atomic E-state index is 11.2. The molecule has 0 bridgehead atoms. The van der Waals surface area contributed by atoms with Gasteiger partial charge in [0.2, 0.25) is 5.91 Å². The number of hydrogen-bond donors (Lipinski definition) is 4. The molecule has 0 aliphatic heterocycles. The number of H-pyrrole nitrogens is 1. The number of carbonyl (C=O) groups is 2. The molecule has 9 nitrogen and oxygen atoms in total. The van der Waals surface area contributed by atoms with E-state index in [1.807, 2.05) is 4.98 Å². The number of aromatic nitrogens is 2. The monoisotopic (exact) mass is 227 g/mol. The van der Waals surface area contributed by atoms with Crippen LogP contribution >= 0.6 is 0 Å². The summed E-state index contributed by atoms with van der Waals surface area (Å²) in [6.45, 7) is -0.469. The van der Waals surface area contributed by atoms with Gasteiger partial charge in [0.1, 0.15) is 12.2 Å². The number of urea groups is 1. The van der Waals surface area contributed by atoms with Crippen molar-refractivity contribution in [1.29, 1.82) is 0 Å². The van der Waals surface area contributed by atoms with Crippen LogP contribution in [0.4, 0.5) is 10.5 Å². The van der Waals surface area contributed by atoms with E-state index in [-0.39, 0.29) is 5.69 Å². The zero-order chi connectivity index (χ0) is 12.3. The van der Waals surface area contributed by atoms with Crippen molar-refractivity contribution in [3.63, 3.8) is 0 Å². The summed E-state index contributed by atoms with van der Waals surface area (Å²) in [5.74, 6) is -0.791. The van der Waals surface area contributed by atoms with E-state index in [9.17, 15) is 19.2 Å². The van der Waals surface area contributed by atoms with E-state index in [0.29, 0.717) is 0 Å². The summed E-state index contributed by atoms with van der Waals surface area (Å²) < 4.78 is 0.842. The Balaban J connectivity index is 2.94. The van der Waals surface area contributed by atoms with Crippen LogP contribution in [0.2, 0.25) is 0 Å². The first kappa shape index (κ1) is 11.5. The van der Waals surface area contributed by atoms with E-state index in [2.05, 4.69) is 0 Å². The number of imide groups is 1. The topological polar surface area (TPSA) is 153 Å². The molecule has 86 valence electrons. The molecule has 1 aromatic rings. The Bertz CT molecular complexity index is 542. The van der Waals surface area contributed by atoms with E-state index in [1.54, 1.807) is 5.32 Å². The second-order valence-electron chi connectivity index (χ2n) is 2.88. The Morgan fingerprint density at radius 2 is 2.06 bits per heavy atom. The van der Waals surface area contributed by atoms with Crippen molar-refractivity contribution >= 4 is 17.6 Å². The van der Waals surface area contributed by atoms with Crippen LogP contribution in [0, 0.1) is 0 Å². The summed E-state index contributed by atoms with van der Waals surface area (Å²) in [6, 6.07) is -1.03. The maximum atomic E-state index is 11.2. The SMILES string of the molecule is NC(=O)NC(=O)Cn1cc(N)c(=O)[nH]c1=O. The number of nitrogen functional groups attached to an aromatic ring is 1. The molecule has 1 rings (SSSR count). The highest BCUT2D eigenvalue weighted by Crippen LogP contribution is 1.86. The molecular weight excluding hydrogens is 218 g/mol. The van der Waals surface area contributed by atoms with E-state index in [1.165, 1.54) is 0 Å². The third-order valence-electron chi connectivity index (χ3n) is 1.62. The Labute approximate surface area is 88.1 Å². The molecule has 1 aromatic heterocycles. The van der Waals surface area contributed by atoms with Crippen molar-refractivity contribution in [3.8, 4) is 0 Å². The van der Waals surface area contributed by atoms with Crippen LogP contribution in [0.3, 0.4) is 0 Å². The van der Waals surface area contributed by atoms with Gasteiger partial charge in [0.25, 0.3) is 5.56 Å². The predicted molar refractivity (Wildman–Crippen MR) is 53.5 cm³/mol. The number of rotatable bonds is 2. The van der Waals surface area contributed by atoms with Crippen molar-refractivity contribution in [2.45, 2.75) is 6.54 Å². The van der Waals surface area contributed by atoms with Crippen LogP contribution in [0.15, 0.2) is 15.8 Å². The van der Waals surface area contributed by atoms with Gasteiger partial charge in [-0.05, 0) is 0 Å². The normalized spacial score (nSPS) is 9.75. The van der Waals surface area contributed by atoms with Gasteiger partial charge in [0.05, 0.1) is 0 Å². The number of nitrogens with zero attached hydrogens (tertiary/aromatic N) is 1. The molecule has 9 heteroatoms. The van der Waals surface area contributed by atoms with Gasteiger partial charge in [-0.15, -0.1) is 0 Å². The summed E-state index contributed by atoms with van der Waals surface area (Å²) in [5, 5.41) is 1.76. The van der Waals surface area contributed by atoms with Gasteiger partial charge in [0, 0.05) is 6.20 Å². The second kappa shape index (κ2) is 4.29. The average molecular weight is 227 g/mol. The van der Waals surface area contributed by atoms with E-state index >= 15 is 0 Å². The number of aromatic amines is 1. The van der Waals surface area contributed by atoms with Crippen LogP contribution in [0.1, 0.15) is 0 Å². The Morgan fingerprint density at radius 3 is 2.62 bits per heavy atom. The van der Waals surface area contributed by atoms with Crippen LogP contribution in [-0.4, -0.2) is 21.5 Å². The van der Waals surface area contributed by atoms with Gasteiger partial charge in [0.15, 0.2) is 0 Å². The summed E-state index contributed by atoms with van der Waals surface area (Å²) in [5.41, 5.74) is 8.18. The highest BCUT2D eigenvalue weighted by Gasteiger charge is 2.08. The van der Waals surface area contributed by atoms with Gasteiger partial charge in [-0.3, -0.25) is 24.5 Å². The van der Waals surface area contributed by atoms with Gasteiger partial charge < -0.3 is 11.5 Å².